The van der Waals surface area contributed by atoms with Crippen LogP contribution in [0.2, 0.25) is 5.02 Å². The van der Waals surface area contributed by atoms with Crippen molar-refractivity contribution in [2.24, 2.45) is 0 Å². The smallest absolute Gasteiger partial charge is 0.248 e. The van der Waals surface area contributed by atoms with Gasteiger partial charge in [0, 0.05) is 54.5 Å². The molecule has 2 saturated carbocycles. The lowest BCUT2D eigenvalue weighted by molar-refractivity contribution is -0.0412. The number of halogens is 3. The first-order chi connectivity index (χ1) is 17.9. The monoisotopic (exact) mass is 527 g/mol. The van der Waals surface area contributed by atoms with Crippen molar-refractivity contribution in [2.75, 3.05) is 0 Å². The molecular formula is C28H32ClF2N5O. The second kappa shape index (κ2) is 10.3. The second-order valence-corrected chi connectivity index (χ2v) is 11.2. The molecule has 37 heavy (non-hydrogen) atoms. The summed E-state index contributed by atoms with van der Waals surface area (Å²) in [6.07, 6.45) is 8.08. The standard InChI is InChI=1S/C28H32ClF2N5O/c29-20-6-9-24-19(15-20)16-22(33-21-10-12-28(30,31)13-11-21)17-25-34-35-27(36(24)25)18-4-7-23(8-5-18)37-26-3-1-2-14-32-26/h1-3,6,9,14-15,18,21-23,33H,4-5,7-8,10-13,16-17H2. The lowest BCUT2D eigenvalue weighted by Crippen LogP contribution is -2.44. The Hall–Kier alpha value is -2.58. The average molecular weight is 528 g/mol. The highest BCUT2D eigenvalue weighted by Gasteiger charge is 2.37. The Morgan fingerprint density at radius 1 is 0.946 bits per heavy atom. The summed E-state index contributed by atoms with van der Waals surface area (Å²) in [5.74, 6) is 0.347. The van der Waals surface area contributed by atoms with E-state index in [2.05, 4.69) is 26.0 Å². The van der Waals surface area contributed by atoms with Crippen molar-refractivity contribution in [2.45, 2.75) is 94.2 Å². The summed E-state index contributed by atoms with van der Waals surface area (Å²) in [4.78, 5) is 4.30. The Kier molecular flexibility index (Phi) is 6.88. The van der Waals surface area contributed by atoms with Crippen molar-refractivity contribution >= 4 is 11.6 Å². The van der Waals surface area contributed by atoms with E-state index >= 15 is 0 Å². The minimum absolute atomic E-state index is 0.0488. The number of hydrogen-bond acceptors (Lipinski definition) is 5. The largest absolute Gasteiger partial charge is 0.474 e. The average Bonchev–Trinajstić information content (AvgIpc) is 3.23. The summed E-state index contributed by atoms with van der Waals surface area (Å²) in [6.45, 7) is 0. The number of ether oxygens (including phenoxy) is 1. The van der Waals surface area contributed by atoms with E-state index in [1.807, 2.05) is 30.3 Å². The normalized spacial score (nSPS) is 25.6. The number of pyridine rings is 1. The van der Waals surface area contributed by atoms with E-state index in [4.69, 9.17) is 21.4 Å². The Bertz CT molecular complexity index is 1220. The van der Waals surface area contributed by atoms with Crippen LogP contribution in [0.1, 0.15) is 74.5 Å². The van der Waals surface area contributed by atoms with Gasteiger partial charge in [-0.05, 0) is 74.8 Å². The van der Waals surface area contributed by atoms with Gasteiger partial charge in [0.2, 0.25) is 11.8 Å². The van der Waals surface area contributed by atoms with E-state index in [0.29, 0.717) is 36.1 Å². The van der Waals surface area contributed by atoms with Crippen LogP contribution in [-0.2, 0) is 12.8 Å². The Balaban J connectivity index is 1.21. The number of nitrogens with one attached hydrogen (secondary N) is 1. The second-order valence-electron chi connectivity index (χ2n) is 10.7. The van der Waals surface area contributed by atoms with E-state index in [9.17, 15) is 8.78 Å². The zero-order valence-corrected chi connectivity index (χ0v) is 21.5. The van der Waals surface area contributed by atoms with Gasteiger partial charge in [-0.25, -0.2) is 13.8 Å². The van der Waals surface area contributed by atoms with Crippen molar-refractivity contribution in [1.82, 2.24) is 25.1 Å². The number of nitrogens with zero attached hydrogens (tertiary/aromatic N) is 4. The highest BCUT2D eigenvalue weighted by atomic mass is 35.5. The number of fused-ring (bicyclic) bond motifs is 3. The molecule has 1 aliphatic heterocycles. The summed E-state index contributed by atoms with van der Waals surface area (Å²) >= 11 is 6.41. The van der Waals surface area contributed by atoms with Crippen molar-refractivity contribution in [1.29, 1.82) is 0 Å². The third-order valence-electron chi connectivity index (χ3n) is 8.09. The first-order valence-electron chi connectivity index (χ1n) is 13.4. The molecule has 6 nitrogen and oxygen atoms in total. The van der Waals surface area contributed by atoms with Gasteiger partial charge in [0.25, 0.3) is 0 Å². The SMILES string of the molecule is FC1(F)CCC(NC2Cc3cc(Cl)ccc3-n3c(nnc3C3CCC(Oc4ccccn4)CC3)C2)CC1. The Labute approximate surface area is 220 Å². The fourth-order valence-electron chi connectivity index (χ4n) is 6.17. The lowest BCUT2D eigenvalue weighted by Gasteiger charge is -2.31. The van der Waals surface area contributed by atoms with Gasteiger partial charge < -0.3 is 10.1 Å². The van der Waals surface area contributed by atoms with Gasteiger partial charge in [-0.15, -0.1) is 10.2 Å². The molecule has 9 heteroatoms. The first kappa shape index (κ1) is 24.7. The van der Waals surface area contributed by atoms with Gasteiger partial charge in [-0.3, -0.25) is 4.57 Å². The molecule has 3 heterocycles. The molecular weight excluding hydrogens is 496 g/mol. The van der Waals surface area contributed by atoms with Crippen LogP contribution in [0.3, 0.4) is 0 Å². The van der Waals surface area contributed by atoms with Crippen LogP contribution < -0.4 is 10.1 Å². The van der Waals surface area contributed by atoms with Crippen molar-refractivity contribution in [3.63, 3.8) is 0 Å². The molecule has 196 valence electrons. The molecule has 3 aliphatic rings. The number of hydrogen-bond donors (Lipinski definition) is 1. The van der Waals surface area contributed by atoms with Gasteiger partial charge in [-0.1, -0.05) is 17.7 Å². The minimum Gasteiger partial charge on any atom is -0.474 e. The van der Waals surface area contributed by atoms with Gasteiger partial charge in [0.15, 0.2) is 0 Å². The fraction of sp³-hybridized carbons (Fsp3) is 0.536. The van der Waals surface area contributed by atoms with Crippen LogP contribution in [0.5, 0.6) is 5.88 Å². The molecule has 0 radical (unpaired) electrons. The summed E-state index contributed by atoms with van der Waals surface area (Å²) in [7, 11) is 0. The summed E-state index contributed by atoms with van der Waals surface area (Å²) in [5.41, 5.74) is 2.21. The molecule has 0 saturated heterocycles. The zero-order valence-electron chi connectivity index (χ0n) is 20.8. The van der Waals surface area contributed by atoms with Crippen molar-refractivity contribution < 1.29 is 13.5 Å². The van der Waals surface area contributed by atoms with Gasteiger partial charge in [-0.2, -0.15) is 0 Å². The van der Waals surface area contributed by atoms with E-state index in [0.717, 1.165) is 55.0 Å². The van der Waals surface area contributed by atoms with Crippen LogP contribution in [0.15, 0.2) is 42.6 Å². The van der Waals surface area contributed by atoms with Crippen LogP contribution in [0.25, 0.3) is 5.69 Å². The molecule has 1 N–H and O–H groups in total. The van der Waals surface area contributed by atoms with E-state index in [1.165, 1.54) is 0 Å². The predicted octanol–water partition coefficient (Wildman–Crippen LogP) is 6.06. The maximum Gasteiger partial charge on any atom is 0.248 e. The Morgan fingerprint density at radius 3 is 2.51 bits per heavy atom. The van der Waals surface area contributed by atoms with Gasteiger partial charge in [0.05, 0.1) is 5.69 Å². The van der Waals surface area contributed by atoms with E-state index in [1.54, 1.807) is 6.20 Å². The van der Waals surface area contributed by atoms with Gasteiger partial charge in [0.1, 0.15) is 17.8 Å². The first-order valence-corrected chi connectivity index (χ1v) is 13.8. The van der Waals surface area contributed by atoms with Crippen LogP contribution >= 0.6 is 11.6 Å². The topological polar surface area (TPSA) is 64.9 Å². The summed E-state index contributed by atoms with van der Waals surface area (Å²) in [5, 5.41) is 13.7. The van der Waals surface area contributed by atoms with Gasteiger partial charge >= 0.3 is 0 Å². The Morgan fingerprint density at radius 2 is 1.76 bits per heavy atom. The quantitative estimate of drug-likeness (QED) is 0.437. The molecule has 2 aromatic heterocycles. The molecule has 0 bridgehead atoms. The highest BCUT2D eigenvalue weighted by molar-refractivity contribution is 6.30. The van der Waals surface area contributed by atoms with Crippen LogP contribution in [0, 0.1) is 0 Å². The lowest BCUT2D eigenvalue weighted by atomic mass is 9.86. The zero-order chi connectivity index (χ0) is 25.4. The van der Waals surface area contributed by atoms with E-state index < -0.39 is 5.92 Å². The molecule has 1 aromatic carbocycles. The molecule has 1 unspecified atom stereocenters. The third kappa shape index (κ3) is 5.50. The predicted molar refractivity (Wildman–Crippen MR) is 138 cm³/mol. The maximum atomic E-state index is 13.7. The third-order valence-corrected chi connectivity index (χ3v) is 8.32. The molecule has 1 atom stereocenters. The summed E-state index contributed by atoms with van der Waals surface area (Å²) < 4.78 is 35.7. The maximum absolute atomic E-state index is 13.7. The fourth-order valence-corrected chi connectivity index (χ4v) is 6.36. The minimum atomic E-state index is -2.53. The van der Waals surface area contributed by atoms with E-state index in [-0.39, 0.29) is 31.0 Å². The van der Waals surface area contributed by atoms with Crippen LogP contribution in [-0.4, -0.2) is 43.9 Å². The molecule has 0 spiro atoms. The van der Waals surface area contributed by atoms with Crippen LogP contribution in [0.4, 0.5) is 8.78 Å². The molecule has 2 aliphatic carbocycles. The number of aromatic nitrogens is 4. The molecule has 3 aromatic rings. The number of rotatable bonds is 5. The number of benzene rings is 1. The van der Waals surface area contributed by atoms with Crippen molar-refractivity contribution in [3.8, 4) is 11.6 Å². The molecule has 2 fully saturated rings. The summed E-state index contributed by atoms with van der Waals surface area (Å²) in [6, 6.07) is 11.9. The molecule has 0 amide bonds. The highest BCUT2D eigenvalue weighted by Crippen LogP contribution is 2.38. The molecule has 6 rings (SSSR count). The van der Waals surface area contributed by atoms with Crippen molar-refractivity contribution in [3.05, 3.63) is 64.8 Å². The number of alkyl halides is 2.